The molecule has 2 aromatic carbocycles. The Morgan fingerprint density at radius 1 is 1.11 bits per heavy atom. The van der Waals surface area contributed by atoms with Gasteiger partial charge in [-0.15, -0.1) is 0 Å². The molecule has 0 amide bonds. The van der Waals surface area contributed by atoms with Crippen molar-refractivity contribution < 1.29 is 8.81 Å². The number of fused-ring (bicyclic) bond motifs is 1. The maximum Gasteiger partial charge on any atom is 0.134 e. The number of furan rings is 1. The molecule has 0 bridgehead atoms. The molecular formula is C15H11ClFNO. The van der Waals surface area contributed by atoms with Gasteiger partial charge in [0.25, 0.3) is 0 Å². The Kier molecular flexibility index (Phi) is 3.01. The van der Waals surface area contributed by atoms with Crippen molar-refractivity contribution in [1.82, 2.24) is 0 Å². The Bertz CT molecular complexity index is 705. The third kappa shape index (κ3) is 2.23. The van der Waals surface area contributed by atoms with E-state index in [4.69, 9.17) is 21.8 Å². The van der Waals surface area contributed by atoms with Gasteiger partial charge in [0.15, 0.2) is 0 Å². The second-order valence-corrected chi connectivity index (χ2v) is 4.74. The van der Waals surface area contributed by atoms with Gasteiger partial charge in [-0.25, -0.2) is 4.39 Å². The van der Waals surface area contributed by atoms with Crippen LogP contribution in [0.5, 0.6) is 0 Å². The maximum atomic E-state index is 13.3. The van der Waals surface area contributed by atoms with Crippen LogP contribution in [0.15, 0.2) is 52.9 Å². The average molecular weight is 276 g/mol. The molecule has 0 fully saturated rings. The van der Waals surface area contributed by atoms with E-state index in [0.29, 0.717) is 16.3 Å². The summed E-state index contributed by atoms with van der Waals surface area (Å²) >= 11 is 6.05. The minimum absolute atomic E-state index is 0.369. The van der Waals surface area contributed by atoms with Gasteiger partial charge in [0.2, 0.25) is 0 Å². The van der Waals surface area contributed by atoms with Gasteiger partial charge in [0, 0.05) is 10.4 Å². The monoisotopic (exact) mass is 275 g/mol. The van der Waals surface area contributed by atoms with E-state index >= 15 is 0 Å². The number of rotatable bonds is 2. The molecule has 4 heteroatoms. The SMILES string of the molecule is NC(c1cc2ccccc2o1)c1cc(F)ccc1Cl. The summed E-state index contributed by atoms with van der Waals surface area (Å²) in [5, 5.41) is 1.38. The highest BCUT2D eigenvalue weighted by Crippen LogP contribution is 2.30. The minimum atomic E-state index is -0.587. The second-order valence-electron chi connectivity index (χ2n) is 4.33. The summed E-state index contributed by atoms with van der Waals surface area (Å²) in [6.45, 7) is 0. The predicted octanol–water partition coefficient (Wildman–Crippen LogP) is 4.27. The highest BCUT2D eigenvalue weighted by Gasteiger charge is 2.17. The molecule has 0 radical (unpaired) electrons. The average Bonchev–Trinajstić information content (AvgIpc) is 2.84. The van der Waals surface area contributed by atoms with Crippen LogP contribution in [-0.2, 0) is 0 Å². The van der Waals surface area contributed by atoms with Gasteiger partial charge >= 0.3 is 0 Å². The van der Waals surface area contributed by atoms with Crippen molar-refractivity contribution in [3.8, 4) is 0 Å². The summed E-state index contributed by atoms with van der Waals surface area (Å²) in [7, 11) is 0. The van der Waals surface area contributed by atoms with Crippen LogP contribution in [-0.4, -0.2) is 0 Å². The third-order valence-electron chi connectivity index (χ3n) is 3.04. The summed E-state index contributed by atoms with van der Waals surface area (Å²) < 4.78 is 19.0. The van der Waals surface area contributed by atoms with Gasteiger partial charge < -0.3 is 10.2 Å². The molecule has 3 aromatic rings. The summed E-state index contributed by atoms with van der Waals surface area (Å²) in [6.07, 6.45) is 0. The van der Waals surface area contributed by atoms with Crippen LogP contribution in [0.3, 0.4) is 0 Å². The third-order valence-corrected chi connectivity index (χ3v) is 3.39. The lowest BCUT2D eigenvalue weighted by Gasteiger charge is -2.11. The van der Waals surface area contributed by atoms with Gasteiger partial charge in [0.1, 0.15) is 17.2 Å². The summed E-state index contributed by atoms with van der Waals surface area (Å²) in [4.78, 5) is 0. The molecule has 1 unspecified atom stereocenters. The Morgan fingerprint density at radius 2 is 1.89 bits per heavy atom. The van der Waals surface area contributed by atoms with Crippen molar-refractivity contribution >= 4 is 22.6 Å². The van der Waals surface area contributed by atoms with Gasteiger partial charge in [-0.05, 0) is 35.9 Å². The Balaban J connectivity index is 2.07. The first-order chi connectivity index (χ1) is 9.15. The minimum Gasteiger partial charge on any atom is -0.459 e. The summed E-state index contributed by atoms with van der Waals surface area (Å²) in [6, 6.07) is 13.0. The van der Waals surface area contributed by atoms with Crippen LogP contribution < -0.4 is 5.73 Å². The van der Waals surface area contributed by atoms with Crippen LogP contribution in [0.1, 0.15) is 17.4 Å². The molecule has 0 aliphatic heterocycles. The number of hydrogen-bond acceptors (Lipinski definition) is 2. The molecule has 0 saturated carbocycles. The standard InChI is InChI=1S/C15H11ClFNO/c16-12-6-5-10(17)8-11(12)15(18)14-7-9-3-1-2-4-13(9)19-14/h1-8,15H,18H2. The lowest BCUT2D eigenvalue weighted by molar-refractivity contribution is 0.523. The number of hydrogen-bond donors (Lipinski definition) is 1. The Morgan fingerprint density at radius 3 is 2.68 bits per heavy atom. The quantitative estimate of drug-likeness (QED) is 0.758. The maximum absolute atomic E-state index is 13.3. The van der Waals surface area contributed by atoms with Crippen molar-refractivity contribution in [3.05, 3.63) is 70.7 Å². The molecule has 96 valence electrons. The highest BCUT2D eigenvalue weighted by molar-refractivity contribution is 6.31. The molecule has 0 saturated heterocycles. The van der Waals surface area contributed by atoms with Crippen LogP contribution in [0.2, 0.25) is 5.02 Å². The Hall–Kier alpha value is -1.84. The van der Waals surface area contributed by atoms with Crippen molar-refractivity contribution in [3.63, 3.8) is 0 Å². The van der Waals surface area contributed by atoms with Crippen molar-refractivity contribution in [2.24, 2.45) is 5.73 Å². The molecule has 3 rings (SSSR count). The first kappa shape index (κ1) is 12.2. The lowest BCUT2D eigenvalue weighted by atomic mass is 10.0. The number of nitrogens with two attached hydrogens (primary N) is 1. The van der Waals surface area contributed by atoms with E-state index < -0.39 is 6.04 Å². The summed E-state index contributed by atoms with van der Waals surface area (Å²) in [5.41, 5.74) is 7.37. The molecule has 0 aliphatic rings. The number of para-hydroxylation sites is 1. The lowest BCUT2D eigenvalue weighted by Crippen LogP contribution is -2.11. The fraction of sp³-hybridized carbons (Fsp3) is 0.0667. The van der Waals surface area contributed by atoms with E-state index in [1.165, 1.54) is 18.2 Å². The highest BCUT2D eigenvalue weighted by atomic mass is 35.5. The number of halogens is 2. The molecule has 1 aromatic heterocycles. The normalized spacial score (nSPS) is 12.8. The first-order valence-corrected chi connectivity index (χ1v) is 6.22. The smallest absolute Gasteiger partial charge is 0.134 e. The zero-order chi connectivity index (χ0) is 13.4. The first-order valence-electron chi connectivity index (χ1n) is 5.84. The second kappa shape index (κ2) is 4.68. The fourth-order valence-electron chi connectivity index (χ4n) is 2.06. The fourth-order valence-corrected chi connectivity index (χ4v) is 2.30. The van der Waals surface area contributed by atoms with Crippen LogP contribution >= 0.6 is 11.6 Å². The van der Waals surface area contributed by atoms with Crippen LogP contribution in [0.4, 0.5) is 4.39 Å². The number of benzene rings is 2. The van der Waals surface area contributed by atoms with E-state index in [1.807, 2.05) is 30.3 Å². The predicted molar refractivity (Wildman–Crippen MR) is 73.7 cm³/mol. The zero-order valence-electron chi connectivity index (χ0n) is 9.94. The van der Waals surface area contributed by atoms with Crippen molar-refractivity contribution in [2.45, 2.75) is 6.04 Å². The van der Waals surface area contributed by atoms with Gasteiger partial charge in [0.05, 0.1) is 6.04 Å². The molecule has 0 spiro atoms. The van der Waals surface area contributed by atoms with E-state index in [9.17, 15) is 4.39 Å². The van der Waals surface area contributed by atoms with E-state index in [1.54, 1.807) is 0 Å². The van der Waals surface area contributed by atoms with Crippen molar-refractivity contribution in [2.75, 3.05) is 0 Å². The zero-order valence-corrected chi connectivity index (χ0v) is 10.7. The van der Waals surface area contributed by atoms with Gasteiger partial charge in [-0.2, -0.15) is 0 Å². The molecule has 1 heterocycles. The molecular weight excluding hydrogens is 265 g/mol. The van der Waals surface area contributed by atoms with Crippen LogP contribution in [0.25, 0.3) is 11.0 Å². The molecule has 2 nitrogen and oxygen atoms in total. The van der Waals surface area contributed by atoms with Crippen LogP contribution in [0, 0.1) is 5.82 Å². The van der Waals surface area contributed by atoms with Crippen molar-refractivity contribution in [1.29, 1.82) is 0 Å². The summed E-state index contributed by atoms with van der Waals surface area (Å²) in [5.74, 6) is 0.194. The molecule has 0 aliphatic carbocycles. The van der Waals surface area contributed by atoms with E-state index in [0.717, 1.165) is 11.0 Å². The van der Waals surface area contributed by atoms with Gasteiger partial charge in [-0.3, -0.25) is 0 Å². The molecule has 1 atom stereocenters. The molecule has 2 N–H and O–H groups in total. The van der Waals surface area contributed by atoms with E-state index in [-0.39, 0.29) is 5.82 Å². The topological polar surface area (TPSA) is 39.2 Å². The molecule has 19 heavy (non-hydrogen) atoms. The largest absolute Gasteiger partial charge is 0.459 e. The van der Waals surface area contributed by atoms with Gasteiger partial charge in [-0.1, -0.05) is 29.8 Å². The van der Waals surface area contributed by atoms with E-state index in [2.05, 4.69) is 0 Å². The Labute approximate surface area is 114 Å².